The van der Waals surface area contributed by atoms with Crippen molar-refractivity contribution in [1.82, 2.24) is 20.4 Å². The SMILES string of the molecule is Cc1nc(-c2noc3ccc(C(=O)NCCc4ccncc4)cc23)cs1. The summed E-state index contributed by atoms with van der Waals surface area (Å²) in [5, 5.41) is 10.7. The van der Waals surface area contributed by atoms with Crippen LogP contribution in [0.15, 0.2) is 52.6 Å². The second-order valence-corrected chi connectivity index (χ2v) is 6.92. The number of carbonyl (C=O) groups excluding carboxylic acids is 1. The van der Waals surface area contributed by atoms with E-state index in [4.69, 9.17) is 4.52 Å². The predicted molar refractivity (Wildman–Crippen MR) is 100 cm³/mol. The number of aromatic nitrogens is 3. The van der Waals surface area contributed by atoms with Crippen molar-refractivity contribution in [3.05, 3.63) is 64.2 Å². The molecule has 0 aliphatic heterocycles. The summed E-state index contributed by atoms with van der Waals surface area (Å²) in [6, 6.07) is 9.20. The van der Waals surface area contributed by atoms with Gasteiger partial charge in [-0.05, 0) is 49.2 Å². The van der Waals surface area contributed by atoms with E-state index in [0.29, 0.717) is 23.4 Å². The highest BCUT2D eigenvalue weighted by Gasteiger charge is 2.15. The molecule has 3 aromatic heterocycles. The minimum Gasteiger partial charge on any atom is -0.356 e. The van der Waals surface area contributed by atoms with Crippen molar-refractivity contribution in [2.75, 3.05) is 6.54 Å². The summed E-state index contributed by atoms with van der Waals surface area (Å²) < 4.78 is 5.36. The number of thiazole rings is 1. The minimum absolute atomic E-state index is 0.123. The topological polar surface area (TPSA) is 80.9 Å². The summed E-state index contributed by atoms with van der Waals surface area (Å²) in [7, 11) is 0. The predicted octanol–water partition coefficient (Wildman–Crippen LogP) is 3.63. The molecule has 4 aromatic rings. The monoisotopic (exact) mass is 364 g/mol. The third-order valence-corrected chi connectivity index (χ3v) is 4.82. The molecule has 3 heterocycles. The van der Waals surface area contributed by atoms with Crippen LogP contribution in [0, 0.1) is 6.92 Å². The molecule has 0 spiro atoms. The first kappa shape index (κ1) is 16.4. The molecule has 4 rings (SSSR count). The molecule has 0 saturated heterocycles. The van der Waals surface area contributed by atoms with Crippen LogP contribution in [-0.2, 0) is 6.42 Å². The van der Waals surface area contributed by atoms with Crippen LogP contribution in [0.25, 0.3) is 22.4 Å². The van der Waals surface area contributed by atoms with Gasteiger partial charge < -0.3 is 9.84 Å². The van der Waals surface area contributed by atoms with E-state index in [-0.39, 0.29) is 5.91 Å². The van der Waals surface area contributed by atoms with Crippen molar-refractivity contribution in [3.8, 4) is 11.4 Å². The van der Waals surface area contributed by atoms with Crippen LogP contribution in [0.1, 0.15) is 20.9 Å². The van der Waals surface area contributed by atoms with Gasteiger partial charge in [-0.25, -0.2) is 4.98 Å². The number of benzene rings is 1. The highest BCUT2D eigenvalue weighted by molar-refractivity contribution is 7.09. The van der Waals surface area contributed by atoms with Crippen molar-refractivity contribution < 1.29 is 9.32 Å². The lowest BCUT2D eigenvalue weighted by Crippen LogP contribution is -2.25. The van der Waals surface area contributed by atoms with Gasteiger partial charge >= 0.3 is 0 Å². The Balaban J connectivity index is 1.52. The lowest BCUT2D eigenvalue weighted by atomic mass is 10.1. The van der Waals surface area contributed by atoms with Gasteiger partial charge in [0.15, 0.2) is 5.58 Å². The van der Waals surface area contributed by atoms with Crippen LogP contribution in [0.3, 0.4) is 0 Å². The number of carbonyl (C=O) groups is 1. The molecule has 0 fully saturated rings. The maximum atomic E-state index is 12.5. The first-order valence-electron chi connectivity index (χ1n) is 8.20. The molecule has 26 heavy (non-hydrogen) atoms. The number of rotatable bonds is 5. The molecule has 0 saturated carbocycles. The Morgan fingerprint density at radius 3 is 2.85 bits per heavy atom. The van der Waals surface area contributed by atoms with Crippen LogP contribution in [0.2, 0.25) is 0 Å². The number of pyridine rings is 1. The highest BCUT2D eigenvalue weighted by Crippen LogP contribution is 2.29. The van der Waals surface area contributed by atoms with E-state index in [1.807, 2.05) is 24.4 Å². The van der Waals surface area contributed by atoms with E-state index in [1.165, 1.54) is 0 Å². The Hall–Kier alpha value is -3.06. The van der Waals surface area contributed by atoms with E-state index < -0.39 is 0 Å². The van der Waals surface area contributed by atoms with Gasteiger partial charge in [-0.2, -0.15) is 0 Å². The van der Waals surface area contributed by atoms with Gasteiger partial charge in [0.2, 0.25) is 0 Å². The molecule has 0 aliphatic carbocycles. The summed E-state index contributed by atoms with van der Waals surface area (Å²) >= 11 is 1.55. The Labute approximate surface area is 153 Å². The molecule has 1 aromatic carbocycles. The molecule has 6 nitrogen and oxygen atoms in total. The average Bonchev–Trinajstić information content (AvgIpc) is 3.27. The number of nitrogens with one attached hydrogen (secondary N) is 1. The largest absolute Gasteiger partial charge is 0.356 e. The Kier molecular flexibility index (Phi) is 4.45. The molecule has 0 aliphatic rings. The first-order chi connectivity index (χ1) is 12.7. The van der Waals surface area contributed by atoms with E-state index in [0.717, 1.165) is 28.1 Å². The van der Waals surface area contributed by atoms with Crippen molar-refractivity contribution in [2.24, 2.45) is 0 Å². The zero-order valence-electron chi connectivity index (χ0n) is 14.1. The molecule has 1 N–H and O–H groups in total. The number of amides is 1. The molecule has 130 valence electrons. The Bertz CT molecular complexity index is 1060. The molecule has 0 radical (unpaired) electrons. The quantitative estimate of drug-likeness (QED) is 0.585. The minimum atomic E-state index is -0.123. The van der Waals surface area contributed by atoms with Crippen LogP contribution >= 0.6 is 11.3 Å². The van der Waals surface area contributed by atoms with Crippen LogP contribution in [-0.4, -0.2) is 27.6 Å². The van der Waals surface area contributed by atoms with Crippen molar-refractivity contribution in [1.29, 1.82) is 0 Å². The summed E-state index contributed by atoms with van der Waals surface area (Å²) in [4.78, 5) is 20.9. The number of fused-ring (bicyclic) bond motifs is 1. The summed E-state index contributed by atoms with van der Waals surface area (Å²) in [6.45, 7) is 2.50. The summed E-state index contributed by atoms with van der Waals surface area (Å²) in [6.07, 6.45) is 4.25. The fourth-order valence-electron chi connectivity index (χ4n) is 2.71. The lowest BCUT2D eigenvalue weighted by molar-refractivity contribution is 0.0954. The molecular weight excluding hydrogens is 348 g/mol. The third kappa shape index (κ3) is 3.34. The Morgan fingerprint density at radius 1 is 1.23 bits per heavy atom. The maximum Gasteiger partial charge on any atom is 0.251 e. The standard InChI is InChI=1S/C19H16N4O2S/c1-12-22-16(11-26-12)18-15-10-14(2-3-17(15)25-23-18)19(24)21-9-6-13-4-7-20-8-5-13/h2-5,7-8,10-11H,6,9H2,1H3,(H,21,24). The van der Waals surface area contributed by atoms with Gasteiger partial charge in [-0.3, -0.25) is 9.78 Å². The smallest absolute Gasteiger partial charge is 0.251 e. The van der Waals surface area contributed by atoms with Crippen molar-refractivity contribution in [2.45, 2.75) is 13.3 Å². The second kappa shape index (κ2) is 7.05. The van der Waals surface area contributed by atoms with E-state index in [1.54, 1.807) is 41.9 Å². The fourth-order valence-corrected chi connectivity index (χ4v) is 3.31. The maximum absolute atomic E-state index is 12.5. The number of aryl methyl sites for hydroxylation is 1. The van der Waals surface area contributed by atoms with Gasteiger partial charge in [0, 0.05) is 29.9 Å². The van der Waals surface area contributed by atoms with Crippen LogP contribution in [0.5, 0.6) is 0 Å². The highest BCUT2D eigenvalue weighted by atomic mass is 32.1. The third-order valence-electron chi connectivity index (χ3n) is 4.04. The van der Waals surface area contributed by atoms with Gasteiger partial charge in [0.1, 0.15) is 11.4 Å². The number of hydrogen-bond donors (Lipinski definition) is 1. The summed E-state index contributed by atoms with van der Waals surface area (Å²) in [5.41, 5.74) is 3.77. The summed E-state index contributed by atoms with van der Waals surface area (Å²) in [5.74, 6) is -0.123. The Morgan fingerprint density at radius 2 is 2.08 bits per heavy atom. The zero-order chi connectivity index (χ0) is 17.9. The van der Waals surface area contributed by atoms with E-state index >= 15 is 0 Å². The van der Waals surface area contributed by atoms with Crippen molar-refractivity contribution in [3.63, 3.8) is 0 Å². The molecule has 1 amide bonds. The van der Waals surface area contributed by atoms with Crippen LogP contribution < -0.4 is 5.32 Å². The molecule has 0 bridgehead atoms. The fraction of sp³-hybridized carbons (Fsp3) is 0.158. The lowest BCUT2D eigenvalue weighted by Gasteiger charge is -2.05. The van der Waals surface area contributed by atoms with E-state index in [9.17, 15) is 4.79 Å². The van der Waals surface area contributed by atoms with Gasteiger partial charge in [0.25, 0.3) is 5.91 Å². The molecular formula is C19H16N4O2S. The molecule has 0 atom stereocenters. The van der Waals surface area contributed by atoms with Crippen molar-refractivity contribution >= 4 is 28.2 Å². The first-order valence-corrected chi connectivity index (χ1v) is 9.08. The molecule has 0 unspecified atom stereocenters. The van der Waals surface area contributed by atoms with Gasteiger partial charge in [-0.1, -0.05) is 5.16 Å². The normalized spacial score (nSPS) is 11.0. The van der Waals surface area contributed by atoms with Gasteiger partial charge in [0.05, 0.1) is 10.4 Å². The van der Waals surface area contributed by atoms with Crippen LogP contribution in [0.4, 0.5) is 0 Å². The second-order valence-electron chi connectivity index (χ2n) is 5.86. The average molecular weight is 364 g/mol. The zero-order valence-corrected chi connectivity index (χ0v) is 14.9. The van der Waals surface area contributed by atoms with Gasteiger partial charge in [-0.15, -0.1) is 11.3 Å². The van der Waals surface area contributed by atoms with E-state index in [2.05, 4.69) is 20.4 Å². The molecule has 7 heteroatoms. The number of nitrogens with zero attached hydrogens (tertiary/aromatic N) is 3. The number of hydrogen-bond acceptors (Lipinski definition) is 6.